The number of H-pyrrole nitrogens is 1. The molecular formula is C13H14N4OS2. The Hall–Kier alpha value is -1.73. The highest BCUT2D eigenvalue weighted by Crippen LogP contribution is 2.15. The van der Waals surface area contributed by atoms with E-state index in [9.17, 15) is 4.79 Å². The molecule has 0 spiro atoms. The normalized spacial score (nSPS) is 11.3. The van der Waals surface area contributed by atoms with Crippen LogP contribution >= 0.6 is 23.6 Å². The van der Waals surface area contributed by atoms with Gasteiger partial charge in [0.15, 0.2) is 4.77 Å². The second kappa shape index (κ2) is 4.99. The summed E-state index contributed by atoms with van der Waals surface area (Å²) < 4.78 is 4.53. The molecule has 3 heterocycles. The first-order valence-corrected chi connectivity index (χ1v) is 7.60. The summed E-state index contributed by atoms with van der Waals surface area (Å²) in [5.74, 6) is 0. The van der Waals surface area contributed by atoms with Gasteiger partial charge in [0, 0.05) is 18.8 Å². The molecule has 0 aliphatic rings. The Bertz CT molecular complexity index is 884. The fourth-order valence-corrected chi connectivity index (χ4v) is 3.35. The summed E-state index contributed by atoms with van der Waals surface area (Å²) in [5.41, 5.74) is 2.81. The van der Waals surface area contributed by atoms with E-state index in [0.717, 1.165) is 23.2 Å². The minimum Gasteiger partial charge on any atom is -0.331 e. The van der Waals surface area contributed by atoms with Crippen LogP contribution in [0.15, 0.2) is 22.4 Å². The van der Waals surface area contributed by atoms with Crippen LogP contribution in [-0.4, -0.2) is 19.3 Å². The van der Waals surface area contributed by atoms with E-state index < -0.39 is 0 Å². The summed E-state index contributed by atoms with van der Waals surface area (Å²) in [4.78, 5) is 15.6. The smallest absolute Gasteiger partial charge is 0.272 e. The van der Waals surface area contributed by atoms with Crippen LogP contribution in [0, 0.1) is 4.77 Å². The highest BCUT2D eigenvalue weighted by atomic mass is 32.1. The number of rotatable bonds is 3. The van der Waals surface area contributed by atoms with Crippen molar-refractivity contribution >= 4 is 33.8 Å². The van der Waals surface area contributed by atoms with Gasteiger partial charge in [-0.15, -0.1) is 11.3 Å². The molecule has 3 aromatic heterocycles. The van der Waals surface area contributed by atoms with Gasteiger partial charge in [-0.2, -0.15) is 5.10 Å². The largest absolute Gasteiger partial charge is 0.331 e. The Balaban J connectivity index is 2.15. The molecule has 0 saturated carbocycles. The number of fused-ring (bicyclic) bond motifs is 1. The lowest BCUT2D eigenvalue weighted by atomic mass is 10.2. The quantitative estimate of drug-likeness (QED) is 0.756. The van der Waals surface area contributed by atoms with Gasteiger partial charge in [-0.3, -0.25) is 14.0 Å². The van der Waals surface area contributed by atoms with E-state index in [1.165, 1.54) is 11.3 Å². The van der Waals surface area contributed by atoms with E-state index in [-0.39, 0.29) is 5.56 Å². The summed E-state index contributed by atoms with van der Waals surface area (Å²) in [6, 6.07) is 1.88. The first-order valence-electron chi connectivity index (χ1n) is 6.32. The van der Waals surface area contributed by atoms with E-state index in [1.807, 2.05) is 24.7 Å². The van der Waals surface area contributed by atoms with Gasteiger partial charge >= 0.3 is 0 Å². The van der Waals surface area contributed by atoms with Crippen molar-refractivity contribution in [1.29, 1.82) is 0 Å². The molecule has 0 saturated heterocycles. The van der Waals surface area contributed by atoms with Crippen molar-refractivity contribution in [1.82, 2.24) is 19.3 Å². The summed E-state index contributed by atoms with van der Waals surface area (Å²) in [5, 5.41) is 6.29. The highest BCUT2D eigenvalue weighted by molar-refractivity contribution is 7.71. The lowest BCUT2D eigenvalue weighted by molar-refractivity contribution is 0.728. The van der Waals surface area contributed by atoms with Crippen molar-refractivity contribution in [3.8, 4) is 0 Å². The van der Waals surface area contributed by atoms with Crippen molar-refractivity contribution in [2.45, 2.75) is 19.9 Å². The Morgan fingerprint density at radius 3 is 3.05 bits per heavy atom. The van der Waals surface area contributed by atoms with Crippen LogP contribution in [0.3, 0.4) is 0 Å². The van der Waals surface area contributed by atoms with Crippen molar-refractivity contribution in [3.63, 3.8) is 0 Å². The average molecular weight is 306 g/mol. The fraction of sp³-hybridized carbons (Fsp3) is 0.308. The fourth-order valence-electron chi connectivity index (χ4n) is 2.30. The maximum atomic E-state index is 12.5. The van der Waals surface area contributed by atoms with E-state index in [0.29, 0.717) is 16.0 Å². The number of aromatic amines is 1. The van der Waals surface area contributed by atoms with Gasteiger partial charge in [0.05, 0.1) is 17.8 Å². The lowest BCUT2D eigenvalue weighted by Crippen LogP contribution is -2.22. The molecule has 0 amide bonds. The molecule has 104 valence electrons. The Labute approximate surface area is 124 Å². The van der Waals surface area contributed by atoms with Gasteiger partial charge in [-0.25, -0.2) is 0 Å². The third kappa shape index (κ3) is 2.12. The van der Waals surface area contributed by atoms with E-state index >= 15 is 0 Å². The van der Waals surface area contributed by atoms with E-state index in [1.54, 1.807) is 9.25 Å². The molecule has 20 heavy (non-hydrogen) atoms. The summed E-state index contributed by atoms with van der Waals surface area (Å²) >= 11 is 6.73. The Morgan fingerprint density at radius 2 is 2.30 bits per heavy atom. The van der Waals surface area contributed by atoms with Gasteiger partial charge in [-0.1, -0.05) is 6.92 Å². The predicted octanol–water partition coefficient (Wildman–Crippen LogP) is 2.46. The molecule has 0 aliphatic heterocycles. The van der Waals surface area contributed by atoms with Crippen LogP contribution in [0.5, 0.6) is 0 Å². The van der Waals surface area contributed by atoms with Crippen LogP contribution in [0.2, 0.25) is 0 Å². The molecule has 0 bridgehead atoms. The Kier molecular flexibility index (Phi) is 3.31. The zero-order valence-electron chi connectivity index (χ0n) is 11.2. The maximum Gasteiger partial charge on any atom is 0.272 e. The number of aryl methyl sites for hydroxylation is 2. The third-order valence-corrected chi connectivity index (χ3v) is 4.47. The zero-order chi connectivity index (χ0) is 14.3. The van der Waals surface area contributed by atoms with Gasteiger partial charge in [-0.05, 0) is 30.1 Å². The van der Waals surface area contributed by atoms with Crippen molar-refractivity contribution < 1.29 is 0 Å². The molecule has 0 aromatic carbocycles. The lowest BCUT2D eigenvalue weighted by Gasteiger charge is -2.06. The van der Waals surface area contributed by atoms with Gasteiger partial charge in [0.2, 0.25) is 0 Å². The SMILES string of the molecule is CCc1nn(C)cc1Cn1c(=S)[nH]c2ccsc2c1=O. The first kappa shape index (κ1) is 13.3. The van der Waals surface area contributed by atoms with Crippen molar-refractivity contribution in [2.24, 2.45) is 7.05 Å². The molecule has 0 unspecified atom stereocenters. The van der Waals surface area contributed by atoms with Gasteiger partial charge < -0.3 is 4.98 Å². The van der Waals surface area contributed by atoms with Crippen LogP contribution < -0.4 is 5.56 Å². The molecular weight excluding hydrogens is 292 g/mol. The predicted molar refractivity (Wildman–Crippen MR) is 83.0 cm³/mol. The highest BCUT2D eigenvalue weighted by Gasteiger charge is 2.11. The standard InChI is InChI=1S/C13H14N4OS2/c1-3-9-8(6-16(2)15-9)7-17-12(18)11-10(4-5-20-11)14-13(17)19/h4-6H,3,7H2,1-2H3,(H,14,19). The number of nitrogens with one attached hydrogen (secondary N) is 1. The molecule has 7 heteroatoms. The second-order valence-corrected chi connectivity index (χ2v) is 5.92. The van der Waals surface area contributed by atoms with Crippen LogP contribution in [0.4, 0.5) is 0 Å². The number of hydrogen-bond acceptors (Lipinski definition) is 4. The maximum absolute atomic E-state index is 12.5. The summed E-state index contributed by atoms with van der Waals surface area (Å²) in [7, 11) is 1.88. The topological polar surface area (TPSA) is 55.6 Å². The van der Waals surface area contributed by atoms with E-state index in [4.69, 9.17) is 12.2 Å². The van der Waals surface area contributed by atoms with Crippen molar-refractivity contribution in [3.05, 3.63) is 44.0 Å². The molecule has 1 N–H and O–H groups in total. The van der Waals surface area contributed by atoms with Gasteiger partial charge in [0.1, 0.15) is 4.70 Å². The van der Waals surface area contributed by atoms with Crippen LogP contribution in [-0.2, 0) is 20.0 Å². The minimum absolute atomic E-state index is 0.0374. The number of thiophene rings is 1. The zero-order valence-corrected chi connectivity index (χ0v) is 12.8. The Morgan fingerprint density at radius 1 is 1.50 bits per heavy atom. The molecule has 0 aliphatic carbocycles. The number of nitrogens with zero attached hydrogens (tertiary/aromatic N) is 3. The minimum atomic E-state index is -0.0374. The summed E-state index contributed by atoms with van der Waals surface area (Å²) in [6.07, 6.45) is 2.78. The molecule has 0 fully saturated rings. The molecule has 3 aromatic rings. The molecule has 5 nitrogen and oxygen atoms in total. The van der Waals surface area contributed by atoms with Gasteiger partial charge in [0.25, 0.3) is 5.56 Å². The monoisotopic (exact) mass is 306 g/mol. The van der Waals surface area contributed by atoms with Crippen LogP contribution in [0.25, 0.3) is 10.2 Å². The van der Waals surface area contributed by atoms with E-state index in [2.05, 4.69) is 17.0 Å². The first-order chi connectivity index (χ1) is 9.60. The molecule has 3 rings (SSSR count). The third-order valence-electron chi connectivity index (χ3n) is 3.25. The number of aromatic nitrogens is 4. The molecule has 0 radical (unpaired) electrons. The molecule has 0 atom stereocenters. The number of hydrogen-bond donors (Lipinski definition) is 1. The van der Waals surface area contributed by atoms with Crippen LogP contribution in [0.1, 0.15) is 18.2 Å². The summed E-state index contributed by atoms with van der Waals surface area (Å²) in [6.45, 7) is 2.51. The van der Waals surface area contributed by atoms with Crippen molar-refractivity contribution in [2.75, 3.05) is 0 Å². The second-order valence-electron chi connectivity index (χ2n) is 4.61. The average Bonchev–Trinajstić information content (AvgIpc) is 3.00.